The monoisotopic (exact) mass is 315 g/mol. The number of benzene rings is 1. The van der Waals surface area contributed by atoms with Crippen molar-refractivity contribution in [3.8, 4) is 0 Å². The third kappa shape index (κ3) is 2.99. The Balaban J connectivity index is 1.77. The Morgan fingerprint density at radius 2 is 2.00 bits per heavy atom. The number of furan rings is 1. The van der Waals surface area contributed by atoms with Gasteiger partial charge in [-0.25, -0.2) is 4.98 Å². The zero-order chi connectivity index (χ0) is 15.7. The summed E-state index contributed by atoms with van der Waals surface area (Å²) in [4.78, 5) is 27.4. The van der Waals surface area contributed by atoms with Gasteiger partial charge in [0.15, 0.2) is 16.8 Å². The van der Waals surface area contributed by atoms with E-state index in [1.54, 1.807) is 0 Å². The number of carbonyl (C=O) groups excluding carboxylic acids is 2. The number of nitrogens with one attached hydrogen (secondary N) is 2. The predicted molar refractivity (Wildman–Crippen MR) is 85.3 cm³/mol. The quantitative estimate of drug-likeness (QED) is 0.775. The maximum absolute atomic E-state index is 12.1. The Labute approximate surface area is 130 Å². The van der Waals surface area contributed by atoms with Gasteiger partial charge in [-0.05, 0) is 30.7 Å². The van der Waals surface area contributed by atoms with Gasteiger partial charge < -0.3 is 4.42 Å². The Kier molecular flexibility index (Phi) is 3.64. The average molecular weight is 315 g/mol. The lowest BCUT2D eigenvalue weighted by Gasteiger charge is -1.98. The van der Waals surface area contributed by atoms with Gasteiger partial charge in [0.25, 0.3) is 5.91 Å². The van der Waals surface area contributed by atoms with E-state index in [0.717, 1.165) is 15.8 Å². The normalized spacial score (nSPS) is 10.6. The molecule has 2 aromatic heterocycles. The van der Waals surface area contributed by atoms with Crippen LogP contribution in [0, 0.1) is 6.92 Å². The molecule has 0 radical (unpaired) electrons. The van der Waals surface area contributed by atoms with Crippen molar-refractivity contribution in [1.29, 1.82) is 0 Å². The smallest absolute Gasteiger partial charge is 0.293 e. The third-order valence-electron chi connectivity index (χ3n) is 2.89. The fraction of sp³-hybridized carbons (Fsp3) is 0.133. The van der Waals surface area contributed by atoms with E-state index in [1.165, 1.54) is 30.4 Å². The average Bonchev–Trinajstić information content (AvgIpc) is 3.03. The largest absolute Gasteiger partial charge is 0.435 e. The van der Waals surface area contributed by atoms with Gasteiger partial charge in [-0.15, -0.1) is 0 Å². The molecule has 2 N–H and O–H groups in total. The van der Waals surface area contributed by atoms with Crippen molar-refractivity contribution >= 4 is 44.4 Å². The van der Waals surface area contributed by atoms with Crippen LogP contribution in [0.25, 0.3) is 10.2 Å². The van der Waals surface area contributed by atoms with E-state index in [-0.39, 0.29) is 17.6 Å². The van der Waals surface area contributed by atoms with Crippen LogP contribution >= 0.6 is 11.3 Å². The Hall–Kier alpha value is -2.67. The van der Waals surface area contributed by atoms with Gasteiger partial charge in [-0.3, -0.25) is 20.2 Å². The Morgan fingerprint density at radius 1 is 1.18 bits per heavy atom. The molecule has 0 saturated heterocycles. The zero-order valence-corrected chi connectivity index (χ0v) is 12.8. The summed E-state index contributed by atoms with van der Waals surface area (Å²) in [5.74, 6) is -0.327. The fourth-order valence-electron chi connectivity index (χ4n) is 1.94. The summed E-state index contributed by atoms with van der Waals surface area (Å²) in [6.07, 6.45) is 0. The number of aromatic nitrogens is 1. The summed E-state index contributed by atoms with van der Waals surface area (Å²) >= 11 is 1.40. The maximum Gasteiger partial charge on any atom is 0.293 e. The van der Waals surface area contributed by atoms with Crippen LogP contribution in [0.4, 0.5) is 11.0 Å². The van der Waals surface area contributed by atoms with Crippen molar-refractivity contribution in [2.24, 2.45) is 0 Å². The molecule has 22 heavy (non-hydrogen) atoms. The van der Waals surface area contributed by atoms with Crippen LogP contribution in [-0.4, -0.2) is 16.8 Å². The van der Waals surface area contributed by atoms with Crippen LogP contribution in [0.1, 0.15) is 23.0 Å². The molecule has 0 saturated carbocycles. The summed E-state index contributed by atoms with van der Waals surface area (Å²) < 4.78 is 6.26. The molecule has 2 heterocycles. The van der Waals surface area contributed by atoms with Gasteiger partial charge in [-0.1, -0.05) is 17.4 Å². The molecule has 2 amide bonds. The van der Waals surface area contributed by atoms with Crippen molar-refractivity contribution in [3.05, 3.63) is 41.7 Å². The molecule has 3 rings (SSSR count). The number of aryl methyl sites for hydroxylation is 1. The molecule has 0 fully saturated rings. The van der Waals surface area contributed by atoms with Crippen molar-refractivity contribution in [1.82, 2.24) is 4.98 Å². The number of hydrogen-bond acceptors (Lipinski definition) is 5. The number of rotatable bonds is 3. The highest BCUT2D eigenvalue weighted by molar-refractivity contribution is 7.22. The minimum Gasteiger partial charge on any atom is -0.435 e. The van der Waals surface area contributed by atoms with Crippen LogP contribution in [-0.2, 0) is 4.79 Å². The van der Waals surface area contributed by atoms with Crippen molar-refractivity contribution in [2.75, 3.05) is 10.6 Å². The van der Waals surface area contributed by atoms with Gasteiger partial charge in [0, 0.05) is 13.0 Å². The third-order valence-corrected chi connectivity index (χ3v) is 3.83. The Morgan fingerprint density at radius 3 is 2.77 bits per heavy atom. The van der Waals surface area contributed by atoms with Crippen molar-refractivity contribution < 1.29 is 14.0 Å². The second-order valence-electron chi connectivity index (χ2n) is 4.79. The molecule has 0 bridgehead atoms. The molecule has 0 aliphatic rings. The molecule has 1 aromatic carbocycles. The molecule has 0 unspecified atom stereocenters. The molecule has 0 spiro atoms. The van der Waals surface area contributed by atoms with Crippen LogP contribution in [0.5, 0.6) is 0 Å². The summed E-state index contributed by atoms with van der Waals surface area (Å²) in [5.41, 5.74) is 1.98. The molecule has 6 nitrogen and oxygen atoms in total. The van der Waals surface area contributed by atoms with Crippen molar-refractivity contribution in [3.63, 3.8) is 0 Å². The van der Waals surface area contributed by atoms with Crippen LogP contribution in [0.2, 0.25) is 0 Å². The van der Waals surface area contributed by atoms with Crippen LogP contribution < -0.4 is 10.6 Å². The first kappa shape index (κ1) is 14.3. The number of amides is 2. The summed E-state index contributed by atoms with van der Waals surface area (Å²) in [5, 5.41) is 5.67. The van der Waals surface area contributed by atoms with E-state index in [1.807, 2.05) is 25.1 Å². The number of carbonyl (C=O) groups is 2. The first-order chi connectivity index (χ1) is 10.5. The van der Waals surface area contributed by atoms with E-state index in [0.29, 0.717) is 5.13 Å². The van der Waals surface area contributed by atoms with Crippen molar-refractivity contribution in [2.45, 2.75) is 13.8 Å². The molecule has 0 aliphatic carbocycles. The highest BCUT2D eigenvalue weighted by Gasteiger charge is 2.14. The lowest BCUT2D eigenvalue weighted by Crippen LogP contribution is -2.10. The molecule has 7 heteroatoms. The van der Waals surface area contributed by atoms with Crippen LogP contribution in [0.15, 0.2) is 34.7 Å². The predicted octanol–water partition coefficient (Wildman–Crippen LogP) is 3.41. The molecular weight excluding hydrogens is 302 g/mol. The number of nitrogens with zero attached hydrogens (tertiary/aromatic N) is 1. The highest BCUT2D eigenvalue weighted by atomic mass is 32.1. The van der Waals surface area contributed by atoms with E-state index in [9.17, 15) is 9.59 Å². The number of thiazole rings is 1. The van der Waals surface area contributed by atoms with Gasteiger partial charge in [0.1, 0.15) is 0 Å². The lowest BCUT2D eigenvalue weighted by molar-refractivity contribution is -0.114. The first-order valence-corrected chi connectivity index (χ1v) is 7.39. The van der Waals surface area contributed by atoms with E-state index < -0.39 is 5.91 Å². The number of anilines is 2. The number of fused-ring (bicyclic) bond motifs is 1. The molecule has 0 atom stereocenters. The van der Waals surface area contributed by atoms with E-state index in [4.69, 9.17) is 4.42 Å². The summed E-state index contributed by atoms with van der Waals surface area (Å²) in [6, 6.07) is 8.93. The van der Waals surface area contributed by atoms with Gasteiger partial charge in [-0.2, -0.15) is 0 Å². The van der Waals surface area contributed by atoms with E-state index in [2.05, 4.69) is 15.6 Å². The van der Waals surface area contributed by atoms with E-state index >= 15 is 0 Å². The molecule has 0 aliphatic heterocycles. The molecule has 3 aromatic rings. The minimum atomic E-state index is -0.410. The van der Waals surface area contributed by atoms with Crippen LogP contribution in [0.3, 0.4) is 0 Å². The lowest BCUT2D eigenvalue weighted by atomic mass is 10.2. The van der Waals surface area contributed by atoms with Gasteiger partial charge >= 0.3 is 0 Å². The summed E-state index contributed by atoms with van der Waals surface area (Å²) in [7, 11) is 0. The fourth-order valence-corrected chi connectivity index (χ4v) is 2.90. The standard InChI is InChI=1S/C15H13N3O3S/c1-8-3-4-10-12(7-8)22-15(17-10)18-14(20)11-5-6-13(21-11)16-9(2)19/h3-7H,1-2H3,(H,16,19)(H,17,18,20). The Bertz CT molecular complexity index is 866. The van der Waals surface area contributed by atoms with Gasteiger partial charge in [0.2, 0.25) is 5.91 Å². The minimum absolute atomic E-state index is 0.110. The zero-order valence-electron chi connectivity index (χ0n) is 12.0. The summed E-state index contributed by atoms with van der Waals surface area (Å²) in [6.45, 7) is 3.37. The maximum atomic E-state index is 12.1. The number of hydrogen-bond donors (Lipinski definition) is 2. The topological polar surface area (TPSA) is 84.2 Å². The second kappa shape index (κ2) is 5.61. The second-order valence-corrected chi connectivity index (χ2v) is 5.82. The highest BCUT2D eigenvalue weighted by Crippen LogP contribution is 2.27. The first-order valence-electron chi connectivity index (χ1n) is 6.57. The van der Waals surface area contributed by atoms with Gasteiger partial charge in [0.05, 0.1) is 10.2 Å². The molecule has 112 valence electrons. The molecular formula is C15H13N3O3S. The SMILES string of the molecule is CC(=O)Nc1ccc(C(=O)Nc2nc3ccc(C)cc3s2)o1.